The van der Waals surface area contributed by atoms with Crippen LogP contribution < -0.4 is 10.5 Å². The van der Waals surface area contributed by atoms with Gasteiger partial charge in [-0.05, 0) is 61.4 Å². The van der Waals surface area contributed by atoms with Crippen LogP contribution in [0.1, 0.15) is 36.7 Å². The molecule has 4 aromatic rings. The zero-order valence-corrected chi connectivity index (χ0v) is 22.0. The van der Waals surface area contributed by atoms with Crippen molar-refractivity contribution in [1.82, 2.24) is 14.5 Å². The van der Waals surface area contributed by atoms with Gasteiger partial charge in [-0.2, -0.15) is 5.26 Å². The lowest BCUT2D eigenvalue weighted by atomic mass is 9.93. The van der Waals surface area contributed by atoms with Gasteiger partial charge in [-0.3, -0.25) is 9.69 Å². The van der Waals surface area contributed by atoms with Gasteiger partial charge in [0.05, 0.1) is 17.2 Å². The summed E-state index contributed by atoms with van der Waals surface area (Å²) in [6.45, 7) is 5.20. The van der Waals surface area contributed by atoms with Crippen LogP contribution in [0, 0.1) is 23.0 Å². The van der Waals surface area contributed by atoms with Crippen molar-refractivity contribution in [3.05, 3.63) is 104 Å². The van der Waals surface area contributed by atoms with Crippen LogP contribution in [0.4, 0.5) is 14.5 Å². The van der Waals surface area contributed by atoms with E-state index in [0.717, 1.165) is 11.1 Å². The standard InChI is InChI=1S/C29H26ClF2N5O/c1-17-16-37(28-25(30)29(38)35(3)24-13-12-23(14-33)34-26(24)28)18(2)15-36(17)27(19-4-8-21(31)9-5-19)20-6-10-22(32)11-7-20/h4-13,17-18,27H,15-16H2,1-3H3/t17-,18+/m1/s1. The van der Waals surface area contributed by atoms with Crippen molar-refractivity contribution in [1.29, 1.82) is 5.26 Å². The van der Waals surface area contributed by atoms with Crippen LogP contribution in [0.2, 0.25) is 5.02 Å². The number of rotatable bonds is 4. The molecule has 0 radical (unpaired) electrons. The number of aromatic nitrogens is 2. The van der Waals surface area contributed by atoms with Gasteiger partial charge < -0.3 is 9.47 Å². The lowest BCUT2D eigenvalue weighted by Gasteiger charge is -2.48. The number of fused-ring (bicyclic) bond motifs is 1. The van der Waals surface area contributed by atoms with Gasteiger partial charge in [0.1, 0.15) is 33.9 Å². The molecule has 194 valence electrons. The third-order valence-electron chi connectivity index (χ3n) is 7.30. The monoisotopic (exact) mass is 533 g/mol. The van der Waals surface area contributed by atoms with Crippen LogP contribution in [0.5, 0.6) is 0 Å². The van der Waals surface area contributed by atoms with E-state index < -0.39 is 0 Å². The molecular formula is C29H26ClF2N5O. The molecule has 2 aromatic heterocycles. The zero-order valence-electron chi connectivity index (χ0n) is 21.2. The summed E-state index contributed by atoms with van der Waals surface area (Å²) in [5, 5.41) is 9.51. The van der Waals surface area contributed by atoms with E-state index in [1.165, 1.54) is 28.8 Å². The maximum Gasteiger partial charge on any atom is 0.271 e. The van der Waals surface area contributed by atoms with Crippen LogP contribution in [-0.2, 0) is 7.05 Å². The van der Waals surface area contributed by atoms with Gasteiger partial charge in [0, 0.05) is 32.2 Å². The number of anilines is 1. The van der Waals surface area contributed by atoms with E-state index in [0.29, 0.717) is 29.8 Å². The smallest absolute Gasteiger partial charge is 0.271 e. The summed E-state index contributed by atoms with van der Waals surface area (Å²) in [6, 6.07) is 17.7. The molecule has 1 aliphatic heterocycles. The summed E-state index contributed by atoms with van der Waals surface area (Å²) in [7, 11) is 1.63. The van der Waals surface area contributed by atoms with Crippen LogP contribution >= 0.6 is 11.6 Å². The highest BCUT2D eigenvalue weighted by Crippen LogP contribution is 2.38. The molecule has 3 heterocycles. The van der Waals surface area contributed by atoms with E-state index >= 15 is 0 Å². The van der Waals surface area contributed by atoms with E-state index in [4.69, 9.17) is 11.6 Å². The number of hydrogen-bond acceptors (Lipinski definition) is 5. The maximum atomic E-state index is 13.8. The molecule has 5 rings (SSSR count). The summed E-state index contributed by atoms with van der Waals surface area (Å²) in [5.41, 5.74) is 3.29. The number of nitriles is 1. The second kappa shape index (κ2) is 10.2. The Morgan fingerprint density at radius 2 is 1.53 bits per heavy atom. The lowest BCUT2D eigenvalue weighted by Crippen LogP contribution is -2.57. The number of hydrogen-bond donors (Lipinski definition) is 0. The highest BCUT2D eigenvalue weighted by atomic mass is 35.5. The van der Waals surface area contributed by atoms with Gasteiger partial charge in [-0.15, -0.1) is 0 Å². The van der Waals surface area contributed by atoms with Gasteiger partial charge in [0.2, 0.25) is 0 Å². The third kappa shape index (κ3) is 4.53. The van der Waals surface area contributed by atoms with E-state index in [1.54, 1.807) is 43.4 Å². The molecule has 0 amide bonds. The van der Waals surface area contributed by atoms with Crippen LogP contribution in [0.15, 0.2) is 65.5 Å². The Labute approximate surface area is 224 Å². The van der Waals surface area contributed by atoms with Crippen molar-refractivity contribution in [2.75, 3.05) is 18.0 Å². The van der Waals surface area contributed by atoms with E-state index in [9.17, 15) is 18.8 Å². The molecule has 0 bridgehead atoms. The first-order chi connectivity index (χ1) is 18.2. The lowest BCUT2D eigenvalue weighted by molar-refractivity contribution is 0.130. The van der Waals surface area contributed by atoms with Crippen molar-refractivity contribution in [3.63, 3.8) is 0 Å². The minimum absolute atomic E-state index is 0.0411. The SMILES string of the molecule is C[C@@H]1CN(c2c(Cl)c(=O)n(C)c3ccc(C#N)nc23)[C@@H](C)CN1C(c1ccc(F)cc1)c1ccc(F)cc1. The number of benzene rings is 2. The Bertz CT molecular complexity index is 1550. The minimum atomic E-state index is -0.335. The zero-order chi connectivity index (χ0) is 27.1. The Kier molecular flexibility index (Phi) is 6.91. The number of halogens is 3. The molecule has 0 aliphatic carbocycles. The van der Waals surface area contributed by atoms with Gasteiger partial charge in [-0.25, -0.2) is 13.8 Å². The molecule has 1 saturated heterocycles. The summed E-state index contributed by atoms with van der Waals surface area (Å²) in [6.07, 6.45) is 0. The van der Waals surface area contributed by atoms with Crippen molar-refractivity contribution >= 4 is 28.3 Å². The first kappa shape index (κ1) is 25.8. The third-order valence-corrected chi connectivity index (χ3v) is 7.64. The molecule has 9 heteroatoms. The maximum absolute atomic E-state index is 13.8. The fourth-order valence-electron chi connectivity index (χ4n) is 5.37. The van der Waals surface area contributed by atoms with E-state index in [2.05, 4.69) is 27.8 Å². The Balaban J connectivity index is 1.58. The van der Waals surface area contributed by atoms with Crippen LogP contribution in [0.3, 0.4) is 0 Å². The second-order valence-corrected chi connectivity index (χ2v) is 10.1. The van der Waals surface area contributed by atoms with Crippen molar-refractivity contribution in [2.45, 2.75) is 32.0 Å². The average Bonchev–Trinajstić information content (AvgIpc) is 2.91. The number of piperazine rings is 1. The minimum Gasteiger partial charge on any atom is -0.363 e. The van der Waals surface area contributed by atoms with E-state index in [1.807, 2.05) is 6.92 Å². The fraction of sp³-hybridized carbons (Fsp3) is 0.276. The van der Waals surface area contributed by atoms with Gasteiger partial charge in [-0.1, -0.05) is 35.9 Å². The second-order valence-electron chi connectivity index (χ2n) is 9.76. The Morgan fingerprint density at radius 3 is 2.08 bits per heavy atom. The van der Waals surface area contributed by atoms with Crippen molar-refractivity contribution in [2.24, 2.45) is 7.05 Å². The van der Waals surface area contributed by atoms with E-state index in [-0.39, 0.29) is 46.0 Å². The summed E-state index contributed by atoms with van der Waals surface area (Å²) < 4.78 is 29.0. The average molecular weight is 534 g/mol. The predicted molar refractivity (Wildman–Crippen MR) is 144 cm³/mol. The van der Waals surface area contributed by atoms with Crippen LogP contribution in [0.25, 0.3) is 11.0 Å². The molecule has 2 aromatic carbocycles. The van der Waals surface area contributed by atoms with Crippen molar-refractivity contribution < 1.29 is 8.78 Å². The quantitative estimate of drug-likeness (QED) is 0.350. The molecule has 0 unspecified atom stereocenters. The summed E-state index contributed by atoms with van der Waals surface area (Å²) in [5.74, 6) is -0.650. The molecule has 2 atom stereocenters. The molecular weight excluding hydrogens is 508 g/mol. The molecule has 0 spiro atoms. The Morgan fingerprint density at radius 1 is 0.947 bits per heavy atom. The highest BCUT2D eigenvalue weighted by Gasteiger charge is 2.37. The number of aryl methyl sites for hydroxylation is 1. The largest absolute Gasteiger partial charge is 0.363 e. The molecule has 1 aliphatic rings. The Hall–Kier alpha value is -3.80. The van der Waals surface area contributed by atoms with Gasteiger partial charge >= 0.3 is 0 Å². The summed E-state index contributed by atoms with van der Waals surface area (Å²) >= 11 is 6.66. The van der Waals surface area contributed by atoms with Crippen LogP contribution in [-0.4, -0.2) is 39.6 Å². The molecule has 38 heavy (non-hydrogen) atoms. The fourth-order valence-corrected chi connectivity index (χ4v) is 5.70. The predicted octanol–water partition coefficient (Wildman–Crippen LogP) is 5.43. The number of pyridine rings is 2. The van der Waals surface area contributed by atoms with Gasteiger partial charge in [0.25, 0.3) is 5.56 Å². The molecule has 1 fully saturated rings. The summed E-state index contributed by atoms with van der Waals surface area (Å²) in [4.78, 5) is 21.9. The van der Waals surface area contributed by atoms with Gasteiger partial charge in [0.15, 0.2) is 0 Å². The molecule has 0 saturated carbocycles. The normalized spacial score (nSPS) is 18.2. The number of nitrogens with zero attached hydrogens (tertiary/aromatic N) is 5. The topological polar surface area (TPSA) is 65.2 Å². The molecule has 6 nitrogen and oxygen atoms in total. The first-order valence-electron chi connectivity index (χ1n) is 12.3. The molecule has 0 N–H and O–H groups in total. The highest BCUT2D eigenvalue weighted by molar-refractivity contribution is 6.34. The van der Waals surface area contributed by atoms with Crippen molar-refractivity contribution in [3.8, 4) is 6.07 Å². The first-order valence-corrected chi connectivity index (χ1v) is 12.7.